The zero-order valence-electron chi connectivity index (χ0n) is 35.1. The van der Waals surface area contributed by atoms with Crippen LogP contribution in [0.1, 0.15) is 182 Å². The standard InChI is InChI=1S/C48H66O8S2/c1-3-5-7-9-11-13-15-17-19-21-27-51-39-33-38(24-26-42-46-48(44(36-50)58-42)56-32-30-54-46)40(52-28-22-20-18-16-14-12-10-8-6-4-2)34-37(39)23-25-41-45-47(43(35-49)57-41)55-31-29-53-45/h23-26,33-36H,3-22,27-32H2,1-2H3/b25-23+,26-24+. The maximum atomic E-state index is 11.9. The molecule has 318 valence electrons. The zero-order valence-corrected chi connectivity index (χ0v) is 36.7. The van der Waals surface area contributed by atoms with Gasteiger partial charge in [-0.05, 0) is 49.3 Å². The largest absolute Gasteiger partial charge is 0.493 e. The van der Waals surface area contributed by atoms with Gasteiger partial charge in [0.2, 0.25) is 0 Å². The molecule has 0 N–H and O–H groups in total. The molecule has 0 amide bonds. The number of fused-ring (bicyclic) bond motifs is 2. The van der Waals surface area contributed by atoms with Crippen LogP contribution in [0, 0.1) is 0 Å². The third-order valence-electron chi connectivity index (χ3n) is 10.6. The van der Waals surface area contributed by atoms with Crippen LogP contribution in [0.2, 0.25) is 0 Å². The number of rotatable bonds is 30. The highest BCUT2D eigenvalue weighted by atomic mass is 32.1. The predicted octanol–water partition coefficient (Wildman–Crippen LogP) is 13.9. The highest BCUT2D eigenvalue weighted by molar-refractivity contribution is 7.15. The van der Waals surface area contributed by atoms with Crippen molar-refractivity contribution in [2.75, 3.05) is 39.6 Å². The number of thiophene rings is 2. The molecule has 3 aromatic rings. The number of unbranched alkanes of at least 4 members (excludes halogenated alkanes) is 18. The fourth-order valence-electron chi connectivity index (χ4n) is 7.34. The van der Waals surface area contributed by atoms with Crippen LogP contribution in [0.25, 0.3) is 24.3 Å². The van der Waals surface area contributed by atoms with Gasteiger partial charge < -0.3 is 28.4 Å². The van der Waals surface area contributed by atoms with Crippen LogP contribution in [0.15, 0.2) is 12.1 Å². The van der Waals surface area contributed by atoms with E-state index in [1.165, 1.54) is 125 Å². The third kappa shape index (κ3) is 14.2. The van der Waals surface area contributed by atoms with Crippen molar-refractivity contribution in [1.82, 2.24) is 0 Å². The Labute approximate surface area is 355 Å². The molecule has 2 aromatic heterocycles. The summed E-state index contributed by atoms with van der Waals surface area (Å²) in [5.74, 6) is 3.76. The van der Waals surface area contributed by atoms with Crippen LogP contribution in [0.3, 0.4) is 0 Å². The summed E-state index contributed by atoms with van der Waals surface area (Å²) in [7, 11) is 0. The Kier molecular flexibility index (Phi) is 20.6. The molecule has 0 saturated heterocycles. The van der Waals surface area contributed by atoms with E-state index in [0.29, 0.717) is 72.4 Å². The van der Waals surface area contributed by atoms with Crippen molar-refractivity contribution in [1.29, 1.82) is 0 Å². The average Bonchev–Trinajstić information content (AvgIpc) is 3.81. The average molecular weight is 835 g/mol. The summed E-state index contributed by atoms with van der Waals surface area (Å²) >= 11 is 2.72. The van der Waals surface area contributed by atoms with Crippen LogP contribution in [-0.4, -0.2) is 52.2 Å². The van der Waals surface area contributed by atoms with E-state index in [0.717, 1.165) is 70.6 Å². The van der Waals surface area contributed by atoms with E-state index in [1.54, 1.807) is 0 Å². The predicted molar refractivity (Wildman–Crippen MR) is 240 cm³/mol. The fourth-order valence-corrected chi connectivity index (χ4v) is 9.16. The van der Waals surface area contributed by atoms with Crippen molar-refractivity contribution in [2.24, 2.45) is 0 Å². The summed E-state index contributed by atoms with van der Waals surface area (Å²) in [4.78, 5) is 26.4. The zero-order chi connectivity index (χ0) is 40.6. The van der Waals surface area contributed by atoms with Gasteiger partial charge in [0.05, 0.1) is 23.0 Å². The molecule has 4 heterocycles. The number of aldehydes is 2. The van der Waals surface area contributed by atoms with Crippen LogP contribution < -0.4 is 28.4 Å². The molecule has 0 radical (unpaired) electrons. The van der Waals surface area contributed by atoms with Crippen molar-refractivity contribution in [2.45, 2.75) is 142 Å². The van der Waals surface area contributed by atoms with Crippen molar-refractivity contribution in [3.05, 3.63) is 42.8 Å². The molecular weight excluding hydrogens is 769 g/mol. The van der Waals surface area contributed by atoms with E-state index in [9.17, 15) is 9.59 Å². The highest BCUT2D eigenvalue weighted by Crippen LogP contribution is 2.46. The number of hydrogen-bond donors (Lipinski definition) is 0. The van der Waals surface area contributed by atoms with Crippen molar-refractivity contribution >= 4 is 59.5 Å². The van der Waals surface area contributed by atoms with Crippen LogP contribution in [-0.2, 0) is 0 Å². The Balaban J connectivity index is 1.34. The highest BCUT2D eigenvalue weighted by Gasteiger charge is 2.24. The normalized spacial score (nSPS) is 13.4. The number of carbonyl (C=O) groups is 2. The SMILES string of the molecule is CCCCCCCCCCCCOc1cc(/C=C/c2sc(C=O)c3c2OCCO3)c(OCCCCCCCCCCCC)cc1/C=C/c1sc(C=O)c2c1OCCO2. The molecule has 0 fully saturated rings. The van der Waals surface area contributed by atoms with E-state index < -0.39 is 0 Å². The van der Waals surface area contributed by atoms with Gasteiger partial charge in [0.15, 0.2) is 35.6 Å². The Morgan fingerprint density at radius 2 is 0.759 bits per heavy atom. The number of hydrogen-bond acceptors (Lipinski definition) is 10. The molecule has 2 aliphatic heterocycles. The van der Waals surface area contributed by atoms with Gasteiger partial charge in [-0.1, -0.05) is 129 Å². The van der Waals surface area contributed by atoms with Gasteiger partial charge in [-0.15, -0.1) is 22.7 Å². The molecule has 8 nitrogen and oxygen atoms in total. The first-order valence-corrected chi connectivity index (χ1v) is 23.8. The maximum absolute atomic E-state index is 11.9. The lowest BCUT2D eigenvalue weighted by Gasteiger charge is -2.17. The summed E-state index contributed by atoms with van der Waals surface area (Å²) < 4.78 is 36.7. The van der Waals surface area contributed by atoms with E-state index in [2.05, 4.69) is 26.0 Å². The molecule has 0 aliphatic carbocycles. The number of benzene rings is 1. The van der Waals surface area contributed by atoms with Crippen LogP contribution in [0.5, 0.6) is 34.5 Å². The van der Waals surface area contributed by atoms with Gasteiger partial charge in [-0.25, -0.2) is 0 Å². The van der Waals surface area contributed by atoms with Crippen molar-refractivity contribution < 1.29 is 38.0 Å². The summed E-state index contributed by atoms with van der Waals surface area (Å²) in [6, 6.07) is 4.11. The van der Waals surface area contributed by atoms with Crippen molar-refractivity contribution in [3.8, 4) is 34.5 Å². The first-order valence-electron chi connectivity index (χ1n) is 22.2. The lowest BCUT2D eigenvalue weighted by atomic mass is 10.1. The molecule has 58 heavy (non-hydrogen) atoms. The van der Waals surface area contributed by atoms with Gasteiger partial charge in [0, 0.05) is 11.1 Å². The smallest absolute Gasteiger partial charge is 0.183 e. The number of ether oxygens (including phenoxy) is 6. The molecule has 10 heteroatoms. The van der Waals surface area contributed by atoms with E-state index >= 15 is 0 Å². The second kappa shape index (κ2) is 26.4. The second-order valence-electron chi connectivity index (χ2n) is 15.3. The topological polar surface area (TPSA) is 89.5 Å². The Morgan fingerprint density at radius 1 is 0.448 bits per heavy atom. The monoisotopic (exact) mass is 834 g/mol. The second-order valence-corrected chi connectivity index (χ2v) is 17.4. The number of carbonyl (C=O) groups excluding carboxylic acids is 2. The van der Waals surface area contributed by atoms with E-state index in [4.69, 9.17) is 28.4 Å². The molecular formula is C48H66O8S2. The summed E-state index contributed by atoms with van der Waals surface area (Å²) in [6.45, 7) is 7.45. The minimum absolute atomic E-state index is 0.420. The maximum Gasteiger partial charge on any atom is 0.183 e. The summed E-state index contributed by atoms with van der Waals surface area (Å²) in [6.07, 6.45) is 34.8. The van der Waals surface area contributed by atoms with Crippen LogP contribution in [0.4, 0.5) is 0 Å². The quantitative estimate of drug-likeness (QED) is 0.0484. The molecule has 0 atom stereocenters. The molecule has 0 saturated carbocycles. The molecule has 1 aromatic carbocycles. The Morgan fingerprint density at radius 3 is 1.09 bits per heavy atom. The molecule has 0 spiro atoms. The van der Waals surface area contributed by atoms with Gasteiger partial charge >= 0.3 is 0 Å². The summed E-state index contributed by atoms with van der Waals surface area (Å²) in [5.41, 5.74) is 1.75. The lowest BCUT2D eigenvalue weighted by Crippen LogP contribution is -2.15. The lowest BCUT2D eigenvalue weighted by molar-refractivity contribution is 0.110. The van der Waals surface area contributed by atoms with Crippen molar-refractivity contribution in [3.63, 3.8) is 0 Å². The first kappa shape index (κ1) is 45.3. The fraction of sp³-hybridized carbons (Fsp3) is 0.583. The molecule has 5 rings (SSSR count). The first-order chi connectivity index (χ1) is 28.7. The Hall–Kier alpha value is -3.76. The Bertz CT molecular complexity index is 1610. The minimum Gasteiger partial charge on any atom is -0.493 e. The molecule has 0 unspecified atom stereocenters. The summed E-state index contributed by atoms with van der Waals surface area (Å²) in [5, 5.41) is 0. The third-order valence-corrected chi connectivity index (χ3v) is 12.7. The molecule has 2 aliphatic rings. The van der Waals surface area contributed by atoms with Gasteiger partial charge in [0.25, 0.3) is 0 Å². The van der Waals surface area contributed by atoms with Crippen LogP contribution >= 0.6 is 22.7 Å². The van der Waals surface area contributed by atoms with Gasteiger partial charge in [-0.3, -0.25) is 9.59 Å². The van der Waals surface area contributed by atoms with Gasteiger partial charge in [-0.2, -0.15) is 0 Å². The van der Waals surface area contributed by atoms with E-state index in [-0.39, 0.29) is 0 Å². The van der Waals surface area contributed by atoms with E-state index in [1.807, 2.05) is 24.3 Å². The minimum atomic E-state index is 0.420. The molecule has 0 bridgehead atoms. The van der Waals surface area contributed by atoms with Gasteiger partial charge in [0.1, 0.15) is 47.7 Å².